The Bertz CT molecular complexity index is 4650. The number of fused-ring (bicyclic) bond motifs is 7. The number of aromatic nitrogens is 3. The van der Waals surface area contributed by atoms with Gasteiger partial charge in [-0.25, -0.2) is 0 Å². The summed E-state index contributed by atoms with van der Waals surface area (Å²) in [6.45, 7) is 27.5. The summed E-state index contributed by atoms with van der Waals surface area (Å²) in [5.41, 5.74) is 22.6. The number of benzene rings is 10. The molecule has 446 valence electrons. The van der Waals surface area contributed by atoms with E-state index in [1.165, 1.54) is 16.7 Å². The molecule has 0 saturated heterocycles. The van der Waals surface area contributed by atoms with Crippen molar-refractivity contribution in [3.63, 3.8) is 0 Å². The first-order chi connectivity index (χ1) is 42.6. The Morgan fingerprint density at radius 2 is 0.787 bits per heavy atom. The molecule has 1 aliphatic heterocycles. The summed E-state index contributed by atoms with van der Waals surface area (Å²) < 4.78 is 13.4. The second kappa shape index (κ2) is 22.8. The van der Waals surface area contributed by atoms with Crippen molar-refractivity contribution >= 4 is 45.3 Å². The van der Waals surface area contributed by atoms with Crippen LogP contribution in [0.25, 0.3) is 66.9 Å². The normalized spacial score (nSPS) is 12.7. The average Bonchev–Trinajstić information content (AvgIpc) is 1.81. The fraction of sp³-hybridized carbons (Fsp3) is 0.195. The van der Waals surface area contributed by atoms with Crippen molar-refractivity contribution in [1.82, 2.24) is 14.1 Å². The minimum atomic E-state index is -0.240. The molecule has 10 aromatic carbocycles. The van der Waals surface area contributed by atoms with Crippen molar-refractivity contribution in [3.8, 4) is 67.4 Å². The molecular weight excluding hydrogens is 1270 g/mol. The number of para-hydroxylation sites is 5. The summed E-state index contributed by atoms with van der Waals surface area (Å²) in [7, 11) is 0. The number of hydrogen-bond acceptors (Lipinski definition) is 4. The minimum absolute atomic E-state index is 0.126. The van der Waals surface area contributed by atoms with Crippen LogP contribution in [0, 0.1) is 3.80 Å². The summed E-state index contributed by atoms with van der Waals surface area (Å²) >= 11 is 2.55. The van der Waals surface area contributed by atoms with E-state index in [9.17, 15) is 0 Å². The Morgan fingerprint density at radius 1 is 0.326 bits per heavy atom. The standard InChI is InChI=1S/C82H77N5O.Pt/c1-79(2,3)57-39-42-68-67-33-22-23-36-71(67)87(77-51-59(45-46-83-77)81(7,8)9)76-53-63(41-44-70(76)69-43-40-58(80(4,5)6)50-75(69)86(74(68)49-57)61-31-20-15-21-32-61)88-64-48-60(82(10,11)12)47-62(52-64)84-54-85(73-38-25-24-37-72(73)84)78-65(55-27-16-13-17-28-55)34-26-35-66(78)56-29-18-14-19-30-56;/h13-53H,1-12H3;. The Hall–Kier alpha value is -9.09. The SMILES string of the molecule is CC(C)(C)c1cc(Oc2ccc3c(c2)N(c2cc(C(C)(C)C)ccn2)c2ccccc2-c2ccc(C(C)(C)C)cc2N(c2ccccc2)c2cc(C(C)(C)C)ccc2-3)cc(-n2[c](=[Pt])n(-c3c(-c4ccccc4)cccc3-c3ccccc3)c3ccccc32)c1. The fourth-order valence-electron chi connectivity index (χ4n) is 12.5. The number of rotatable bonds is 8. The molecule has 3 heterocycles. The van der Waals surface area contributed by atoms with Gasteiger partial charge < -0.3 is 4.90 Å². The second-order valence-electron chi connectivity index (χ2n) is 27.7. The molecule has 13 rings (SSSR count). The number of imidazole rings is 1. The molecule has 89 heavy (non-hydrogen) atoms. The van der Waals surface area contributed by atoms with Gasteiger partial charge in [0.2, 0.25) is 0 Å². The summed E-state index contributed by atoms with van der Waals surface area (Å²) in [5.74, 6) is 2.24. The Morgan fingerprint density at radius 3 is 1.35 bits per heavy atom. The van der Waals surface area contributed by atoms with Crippen LogP contribution in [0.3, 0.4) is 0 Å². The molecule has 0 radical (unpaired) electrons. The maximum atomic E-state index is 7.48. The zero-order chi connectivity index (χ0) is 62.1. The zero-order valence-electron chi connectivity index (χ0n) is 53.1. The van der Waals surface area contributed by atoms with E-state index in [0.717, 1.165) is 116 Å². The molecule has 0 atom stereocenters. The number of ether oxygens (including phenoxy) is 1. The molecule has 0 aliphatic carbocycles. The first kappa shape index (κ1) is 58.9. The number of anilines is 6. The Balaban J connectivity index is 1.06. The van der Waals surface area contributed by atoms with Crippen LogP contribution in [0.1, 0.15) is 105 Å². The van der Waals surface area contributed by atoms with Crippen molar-refractivity contribution in [2.45, 2.75) is 105 Å². The molecule has 6 nitrogen and oxygen atoms in total. The number of hydrogen-bond donors (Lipinski definition) is 0. The first-order valence-corrected chi connectivity index (χ1v) is 32.1. The Kier molecular flexibility index (Phi) is 15.1. The van der Waals surface area contributed by atoms with E-state index in [-0.39, 0.29) is 21.7 Å². The van der Waals surface area contributed by atoms with E-state index in [4.69, 9.17) is 9.72 Å². The van der Waals surface area contributed by atoms with E-state index < -0.39 is 0 Å². The summed E-state index contributed by atoms with van der Waals surface area (Å²) in [4.78, 5) is 10.2. The van der Waals surface area contributed by atoms with Crippen molar-refractivity contribution in [3.05, 3.63) is 275 Å². The van der Waals surface area contributed by atoms with Gasteiger partial charge in [-0.1, -0.05) is 117 Å². The van der Waals surface area contributed by atoms with Gasteiger partial charge in [-0.3, -0.25) is 0 Å². The van der Waals surface area contributed by atoms with E-state index in [2.05, 4.69) is 364 Å². The van der Waals surface area contributed by atoms with Crippen molar-refractivity contribution in [2.75, 3.05) is 9.80 Å². The van der Waals surface area contributed by atoms with Crippen molar-refractivity contribution in [2.24, 2.45) is 0 Å². The molecule has 0 saturated carbocycles. The average molecular weight is 1340 g/mol. The molecule has 12 aromatic rings. The molecule has 0 N–H and O–H groups in total. The predicted molar refractivity (Wildman–Crippen MR) is 370 cm³/mol. The fourth-order valence-corrected chi connectivity index (χ4v) is 13.6. The quantitative estimate of drug-likeness (QED) is 0.152. The topological polar surface area (TPSA) is 38.5 Å². The second-order valence-corrected chi connectivity index (χ2v) is 28.7. The Labute approximate surface area is 536 Å². The molecule has 0 unspecified atom stereocenters. The van der Waals surface area contributed by atoms with Gasteiger partial charge in [0, 0.05) is 17.4 Å². The van der Waals surface area contributed by atoms with Gasteiger partial charge in [-0.2, -0.15) is 0 Å². The van der Waals surface area contributed by atoms with E-state index >= 15 is 0 Å². The molecule has 0 bridgehead atoms. The van der Waals surface area contributed by atoms with Gasteiger partial charge in [0.15, 0.2) is 0 Å². The van der Waals surface area contributed by atoms with Gasteiger partial charge in [0.05, 0.1) is 5.69 Å². The number of nitrogens with zero attached hydrogens (tertiary/aromatic N) is 5. The monoisotopic (exact) mass is 1340 g/mol. The van der Waals surface area contributed by atoms with Gasteiger partial charge in [-0.05, 0) is 63.3 Å². The van der Waals surface area contributed by atoms with Gasteiger partial charge >= 0.3 is 332 Å². The van der Waals surface area contributed by atoms with Crippen LogP contribution in [0.2, 0.25) is 0 Å². The summed E-state index contributed by atoms with van der Waals surface area (Å²) in [5, 5.41) is 0. The third-order valence-corrected chi connectivity index (χ3v) is 18.4. The molecular formula is C82H77N5OPt. The van der Waals surface area contributed by atoms with Crippen LogP contribution >= 0.6 is 0 Å². The van der Waals surface area contributed by atoms with Crippen LogP contribution in [0.15, 0.2) is 249 Å². The van der Waals surface area contributed by atoms with Gasteiger partial charge in [0.25, 0.3) is 0 Å². The molecule has 2 aromatic heterocycles. The van der Waals surface area contributed by atoms with Crippen molar-refractivity contribution in [1.29, 1.82) is 0 Å². The van der Waals surface area contributed by atoms with Gasteiger partial charge in [0.1, 0.15) is 0 Å². The van der Waals surface area contributed by atoms with Crippen LogP contribution in [-0.2, 0) is 41.0 Å². The molecule has 0 spiro atoms. The van der Waals surface area contributed by atoms with E-state index in [1.807, 2.05) is 6.20 Å². The summed E-state index contributed by atoms with van der Waals surface area (Å²) in [6, 6.07) is 88.9. The molecule has 0 fully saturated rings. The van der Waals surface area contributed by atoms with Gasteiger partial charge in [-0.15, -0.1) is 0 Å². The first-order valence-electron chi connectivity index (χ1n) is 31.0. The van der Waals surface area contributed by atoms with Crippen LogP contribution in [-0.4, -0.2) is 14.1 Å². The predicted octanol–water partition coefficient (Wildman–Crippen LogP) is 22.8. The maximum absolute atomic E-state index is 7.48. The van der Waals surface area contributed by atoms with Crippen LogP contribution in [0.5, 0.6) is 11.5 Å². The van der Waals surface area contributed by atoms with E-state index in [1.54, 1.807) is 0 Å². The zero-order valence-corrected chi connectivity index (χ0v) is 55.4. The molecule has 1 aliphatic rings. The van der Waals surface area contributed by atoms with Crippen LogP contribution in [0.4, 0.5) is 34.3 Å². The summed E-state index contributed by atoms with van der Waals surface area (Å²) in [6.07, 6.45) is 1.97. The van der Waals surface area contributed by atoms with Crippen LogP contribution < -0.4 is 14.5 Å². The van der Waals surface area contributed by atoms with Crippen molar-refractivity contribution < 1.29 is 24.1 Å². The molecule has 7 heteroatoms. The third kappa shape index (κ3) is 11.2. The number of pyridine rings is 1. The van der Waals surface area contributed by atoms with E-state index in [0.29, 0.717) is 5.75 Å². The third-order valence-electron chi connectivity index (χ3n) is 17.4. The molecule has 0 amide bonds.